The molecule has 3 rings (SSSR count). The maximum absolute atomic E-state index is 5.58. The van der Waals surface area contributed by atoms with Crippen LogP contribution in [0.2, 0.25) is 0 Å². The number of anilines is 1. The van der Waals surface area contributed by atoms with E-state index in [1.165, 1.54) is 12.8 Å². The third-order valence-electron chi connectivity index (χ3n) is 2.96. The molecule has 1 fully saturated rings. The molecule has 0 unspecified atom stereocenters. The van der Waals surface area contributed by atoms with E-state index in [4.69, 9.17) is 4.42 Å². The standard InChI is InChI=1S/C12H15N3O/c1-2-6-11-10(5-1)15-12(16-11)14-8-9-4-3-7-13-9/h1-2,5-6,9,13H,3-4,7-8H2,(H,14,15)/t9-/m1/s1. The van der Waals surface area contributed by atoms with Gasteiger partial charge in [-0.1, -0.05) is 12.1 Å². The fourth-order valence-corrected chi connectivity index (χ4v) is 2.09. The Labute approximate surface area is 94.0 Å². The molecule has 4 nitrogen and oxygen atoms in total. The first-order valence-corrected chi connectivity index (χ1v) is 5.75. The van der Waals surface area contributed by atoms with Crippen molar-refractivity contribution in [3.63, 3.8) is 0 Å². The van der Waals surface area contributed by atoms with Crippen molar-refractivity contribution in [2.24, 2.45) is 0 Å². The largest absolute Gasteiger partial charge is 0.424 e. The molecule has 0 spiro atoms. The van der Waals surface area contributed by atoms with Crippen molar-refractivity contribution in [2.45, 2.75) is 18.9 Å². The molecule has 1 aromatic carbocycles. The van der Waals surface area contributed by atoms with E-state index in [2.05, 4.69) is 15.6 Å². The lowest BCUT2D eigenvalue weighted by Gasteiger charge is -2.09. The molecule has 0 radical (unpaired) electrons. The molecule has 0 saturated carbocycles. The molecule has 16 heavy (non-hydrogen) atoms. The average Bonchev–Trinajstić information content (AvgIpc) is 2.95. The minimum absolute atomic E-state index is 0.551. The number of fused-ring (bicyclic) bond motifs is 1. The highest BCUT2D eigenvalue weighted by molar-refractivity contribution is 5.74. The van der Waals surface area contributed by atoms with Crippen LogP contribution in [-0.2, 0) is 0 Å². The number of hydrogen-bond acceptors (Lipinski definition) is 4. The first-order valence-electron chi connectivity index (χ1n) is 5.75. The molecule has 0 amide bonds. The van der Waals surface area contributed by atoms with Crippen molar-refractivity contribution < 1.29 is 4.42 Å². The van der Waals surface area contributed by atoms with Crippen molar-refractivity contribution in [3.8, 4) is 0 Å². The second-order valence-electron chi connectivity index (χ2n) is 4.16. The fourth-order valence-electron chi connectivity index (χ4n) is 2.09. The SMILES string of the molecule is c1ccc2oc(NC[C@H]3CCCN3)nc2c1. The molecule has 84 valence electrons. The Morgan fingerprint density at radius 2 is 2.38 bits per heavy atom. The van der Waals surface area contributed by atoms with Gasteiger partial charge in [0.25, 0.3) is 6.01 Å². The van der Waals surface area contributed by atoms with E-state index in [1.807, 2.05) is 24.3 Å². The van der Waals surface area contributed by atoms with Crippen LogP contribution in [0.1, 0.15) is 12.8 Å². The molecule has 1 aromatic heterocycles. The number of nitrogens with one attached hydrogen (secondary N) is 2. The number of benzene rings is 1. The van der Waals surface area contributed by atoms with E-state index in [-0.39, 0.29) is 0 Å². The summed E-state index contributed by atoms with van der Waals surface area (Å²) in [6.45, 7) is 2.01. The van der Waals surface area contributed by atoms with E-state index in [9.17, 15) is 0 Å². The number of nitrogens with zero attached hydrogens (tertiary/aromatic N) is 1. The summed E-state index contributed by atoms with van der Waals surface area (Å²) >= 11 is 0. The zero-order valence-electron chi connectivity index (χ0n) is 9.07. The Kier molecular flexibility index (Phi) is 2.50. The van der Waals surface area contributed by atoms with Gasteiger partial charge in [0.15, 0.2) is 5.58 Å². The second-order valence-corrected chi connectivity index (χ2v) is 4.16. The lowest BCUT2D eigenvalue weighted by atomic mass is 10.2. The number of aromatic nitrogens is 1. The predicted octanol–water partition coefficient (Wildman–Crippen LogP) is 1.99. The summed E-state index contributed by atoms with van der Waals surface area (Å²) in [5.41, 5.74) is 1.74. The first kappa shape index (κ1) is 9.66. The summed E-state index contributed by atoms with van der Waals surface area (Å²) in [4.78, 5) is 4.37. The summed E-state index contributed by atoms with van der Waals surface area (Å²) in [6, 6.07) is 8.98. The van der Waals surface area contributed by atoms with Crippen molar-refractivity contribution >= 4 is 17.1 Å². The van der Waals surface area contributed by atoms with Gasteiger partial charge < -0.3 is 15.1 Å². The van der Waals surface area contributed by atoms with Gasteiger partial charge in [0, 0.05) is 12.6 Å². The Morgan fingerprint density at radius 3 is 3.19 bits per heavy atom. The van der Waals surface area contributed by atoms with Crippen molar-refractivity contribution in [1.82, 2.24) is 10.3 Å². The van der Waals surface area contributed by atoms with Gasteiger partial charge in [-0.25, -0.2) is 0 Å². The van der Waals surface area contributed by atoms with Gasteiger partial charge in [-0.2, -0.15) is 4.98 Å². The van der Waals surface area contributed by atoms with Crippen LogP contribution in [0.15, 0.2) is 28.7 Å². The van der Waals surface area contributed by atoms with Crippen LogP contribution >= 0.6 is 0 Å². The van der Waals surface area contributed by atoms with E-state index in [0.717, 1.165) is 24.2 Å². The number of hydrogen-bond donors (Lipinski definition) is 2. The summed E-state index contributed by atoms with van der Waals surface area (Å²) in [5.74, 6) is 0. The summed E-state index contributed by atoms with van der Waals surface area (Å²) in [7, 11) is 0. The van der Waals surface area contributed by atoms with Gasteiger partial charge in [0.2, 0.25) is 0 Å². The summed E-state index contributed by atoms with van der Waals surface area (Å²) in [5, 5.41) is 6.66. The Hall–Kier alpha value is -1.55. The number of rotatable bonds is 3. The molecule has 1 saturated heterocycles. The fraction of sp³-hybridized carbons (Fsp3) is 0.417. The minimum Gasteiger partial charge on any atom is -0.424 e. The molecule has 0 bridgehead atoms. The summed E-state index contributed by atoms with van der Waals surface area (Å²) < 4.78 is 5.58. The van der Waals surface area contributed by atoms with Gasteiger partial charge in [-0.05, 0) is 31.5 Å². The molecule has 0 aliphatic carbocycles. The quantitative estimate of drug-likeness (QED) is 0.825. The minimum atomic E-state index is 0.551. The van der Waals surface area contributed by atoms with Gasteiger partial charge in [0.1, 0.15) is 5.52 Å². The zero-order valence-corrected chi connectivity index (χ0v) is 9.07. The number of oxazole rings is 1. The molecule has 1 aliphatic heterocycles. The average molecular weight is 217 g/mol. The van der Waals surface area contributed by atoms with E-state index < -0.39 is 0 Å². The molecule has 2 aromatic rings. The Morgan fingerprint density at radius 1 is 1.44 bits per heavy atom. The van der Waals surface area contributed by atoms with Crippen LogP contribution in [0.25, 0.3) is 11.1 Å². The van der Waals surface area contributed by atoms with E-state index >= 15 is 0 Å². The lowest BCUT2D eigenvalue weighted by molar-refractivity contribution is 0.585. The lowest BCUT2D eigenvalue weighted by Crippen LogP contribution is -2.29. The van der Waals surface area contributed by atoms with Crippen LogP contribution < -0.4 is 10.6 Å². The zero-order chi connectivity index (χ0) is 10.8. The third kappa shape index (κ3) is 1.88. The van der Waals surface area contributed by atoms with Crippen molar-refractivity contribution in [3.05, 3.63) is 24.3 Å². The van der Waals surface area contributed by atoms with Crippen molar-refractivity contribution in [2.75, 3.05) is 18.4 Å². The van der Waals surface area contributed by atoms with E-state index in [0.29, 0.717) is 12.1 Å². The molecule has 1 atom stereocenters. The van der Waals surface area contributed by atoms with Crippen LogP contribution in [-0.4, -0.2) is 24.1 Å². The predicted molar refractivity (Wildman–Crippen MR) is 63.5 cm³/mol. The molecular weight excluding hydrogens is 202 g/mol. The molecule has 1 aliphatic rings. The van der Waals surface area contributed by atoms with E-state index in [1.54, 1.807) is 0 Å². The van der Waals surface area contributed by atoms with Crippen LogP contribution in [0.3, 0.4) is 0 Å². The second kappa shape index (κ2) is 4.14. The first-order chi connectivity index (χ1) is 7.92. The highest BCUT2D eigenvalue weighted by atomic mass is 16.4. The maximum atomic E-state index is 5.58. The maximum Gasteiger partial charge on any atom is 0.295 e. The highest BCUT2D eigenvalue weighted by Gasteiger charge is 2.14. The normalized spacial score (nSPS) is 20.4. The van der Waals surface area contributed by atoms with Gasteiger partial charge in [-0.15, -0.1) is 0 Å². The van der Waals surface area contributed by atoms with Crippen molar-refractivity contribution in [1.29, 1.82) is 0 Å². The Balaban J connectivity index is 1.69. The monoisotopic (exact) mass is 217 g/mol. The number of para-hydroxylation sites is 2. The third-order valence-corrected chi connectivity index (χ3v) is 2.96. The van der Waals surface area contributed by atoms with Gasteiger partial charge in [-0.3, -0.25) is 0 Å². The van der Waals surface area contributed by atoms with Crippen LogP contribution in [0, 0.1) is 0 Å². The Bertz CT molecular complexity index is 441. The van der Waals surface area contributed by atoms with Crippen LogP contribution in [0.5, 0.6) is 0 Å². The molecule has 2 heterocycles. The molecular formula is C12H15N3O. The highest BCUT2D eigenvalue weighted by Crippen LogP contribution is 2.18. The smallest absolute Gasteiger partial charge is 0.295 e. The van der Waals surface area contributed by atoms with Crippen LogP contribution in [0.4, 0.5) is 6.01 Å². The molecule has 2 N–H and O–H groups in total. The van der Waals surface area contributed by atoms with Gasteiger partial charge in [0.05, 0.1) is 0 Å². The molecule has 4 heteroatoms. The van der Waals surface area contributed by atoms with Gasteiger partial charge >= 0.3 is 0 Å². The summed E-state index contributed by atoms with van der Waals surface area (Å²) in [6.07, 6.45) is 2.49. The topological polar surface area (TPSA) is 50.1 Å².